The molecule has 3 heteroatoms. The van der Waals surface area contributed by atoms with Crippen LogP contribution in [0.1, 0.15) is 70.5 Å². The molecule has 0 radical (unpaired) electrons. The molecule has 1 unspecified atom stereocenters. The van der Waals surface area contributed by atoms with Gasteiger partial charge in [0.2, 0.25) is 0 Å². The Kier molecular flexibility index (Phi) is 5.51. The minimum Gasteiger partial charge on any atom is -0.497 e. The number of methoxy groups -OCH3 is 1. The van der Waals surface area contributed by atoms with E-state index in [2.05, 4.69) is 13.8 Å². The average Bonchev–Trinajstić information content (AvgIpc) is 2.46. The van der Waals surface area contributed by atoms with E-state index in [1.807, 2.05) is 18.2 Å². The third-order valence-electron chi connectivity index (χ3n) is 4.37. The first-order chi connectivity index (χ1) is 10.1. The SMILES string of the molecule is CCCCCCCC1(C)C[C@@H](O)c2cc(OC)ccc2O1. The summed E-state index contributed by atoms with van der Waals surface area (Å²) < 4.78 is 11.4. The van der Waals surface area contributed by atoms with Crippen LogP contribution in [0, 0.1) is 0 Å². The summed E-state index contributed by atoms with van der Waals surface area (Å²) in [5.41, 5.74) is 0.588. The summed E-state index contributed by atoms with van der Waals surface area (Å²) in [4.78, 5) is 0. The van der Waals surface area contributed by atoms with E-state index in [0.29, 0.717) is 6.42 Å². The van der Waals surface area contributed by atoms with Gasteiger partial charge in [0.1, 0.15) is 17.1 Å². The first-order valence-electron chi connectivity index (χ1n) is 8.13. The lowest BCUT2D eigenvalue weighted by Crippen LogP contribution is -2.38. The molecule has 1 aliphatic heterocycles. The molecule has 3 nitrogen and oxygen atoms in total. The number of unbranched alkanes of at least 4 members (excludes halogenated alkanes) is 4. The van der Waals surface area contributed by atoms with Gasteiger partial charge < -0.3 is 14.6 Å². The first kappa shape index (κ1) is 16.2. The maximum atomic E-state index is 10.4. The highest BCUT2D eigenvalue weighted by Gasteiger charge is 2.36. The standard InChI is InChI=1S/C18H28O3/c1-4-5-6-7-8-11-18(2)13-16(19)15-12-14(20-3)9-10-17(15)21-18/h9-10,12,16,19H,4-8,11,13H2,1-3H3/t16-,18?/m1/s1. The van der Waals surface area contributed by atoms with Gasteiger partial charge >= 0.3 is 0 Å². The Hall–Kier alpha value is -1.22. The number of ether oxygens (including phenoxy) is 2. The van der Waals surface area contributed by atoms with Crippen LogP contribution >= 0.6 is 0 Å². The lowest BCUT2D eigenvalue weighted by Gasteiger charge is -2.38. The maximum Gasteiger partial charge on any atom is 0.126 e. The minimum absolute atomic E-state index is 0.257. The van der Waals surface area contributed by atoms with Gasteiger partial charge in [0.05, 0.1) is 13.2 Å². The normalized spacial score (nSPS) is 24.3. The van der Waals surface area contributed by atoms with Crippen LogP contribution < -0.4 is 9.47 Å². The molecule has 21 heavy (non-hydrogen) atoms. The van der Waals surface area contributed by atoms with Crippen molar-refractivity contribution in [3.05, 3.63) is 23.8 Å². The van der Waals surface area contributed by atoms with Crippen LogP contribution in [0.3, 0.4) is 0 Å². The Balaban J connectivity index is 1.98. The summed E-state index contributed by atoms with van der Waals surface area (Å²) >= 11 is 0. The fraction of sp³-hybridized carbons (Fsp3) is 0.667. The summed E-state index contributed by atoms with van der Waals surface area (Å²) in [5, 5.41) is 10.4. The predicted molar refractivity (Wildman–Crippen MR) is 85.0 cm³/mol. The van der Waals surface area contributed by atoms with Crippen LogP contribution in [0.25, 0.3) is 0 Å². The maximum absolute atomic E-state index is 10.4. The zero-order valence-electron chi connectivity index (χ0n) is 13.5. The van der Waals surface area contributed by atoms with Gasteiger partial charge in [0, 0.05) is 12.0 Å². The number of aliphatic hydroxyl groups is 1. The van der Waals surface area contributed by atoms with Crippen molar-refractivity contribution in [1.29, 1.82) is 0 Å². The largest absolute Gasteiger partial charge is 0.497 e. The summed E-state index contributed by atoms with van der Waals surface area (Å²) in [7, 11) is 1.64. The van der Waals surface area contributed by atoms with E-state index in [1.54, 1.807) is 7.11 Å². The third-order valence-corrected chi connectivity index (χ3v) is 4.37. The van der Waals surface area contributed by atoms with Crippen LogP contribution in [0.2, 0.25) is 0 Å². The Morgan fingerprint density at radius 3 is 2.76 bits per heavy atom. The molecule has 2 rings (SSSR count). The number of hydrogen-bond acceptors (Lipinski definition) is 3. The molecule has 1 aromatic carbocycles. The third kappa shape index (κ3) is 4.13. The molecule has 2 atom stereocenters. The van der Waals surface area contributed by atoms with Crippen LogP contribution in [0.4, 0.5) is 0 Å². The molecule has 0 aliphatic carbocycles. The van der Waals surface area contributed by atoms with Crippen molar-refractivity contribution in [3.8, 4) is 11.5 Å². The smallest absolute Gasteiger partial charge is 0.126 e. The molecular weight excluding hydrogens is 264 g/mol. The van der Waals surface area contributed by atoms with Crippen molar-refractivity contribution in [3.63, 3.8) is 0 Å². The highest BCUT2D eigenvalue weighted by atomic mass is 16.5. The van der Waals surface area contributed by atoms with Crippen molar-refractivity contribution in [2.45, 2.75) is 70.5 Å². The molecule has 0 amide bonds. The van der Waals surface area contributed by atoms with E-state index in [4.69, 9.17) is 9.47 Å². The van der Waals surface area contributed by atoms with Gasteiger partial charge in [0.15, 0.2) is 0 Å². The van der Waals surface area contributed by atoms with Gasteiger partial charge in [0.25, 0.3) is 0 Å². The van der Waals surface area contributed by atoms with Crippen molar-refractivity contribution >= 4 is 0 Å². The lowest BCUT2D eigenvalue weighted by molar-refractivity contribution is -0.00865. The fourth-order valence-corrected chi connectivity index (χ4v) is 3.09. The Morgan fingerprint density at radius 2 is 2.05 bits per heavy atom. The number of benzene rings is 1. The molecule has 1 aromatic rings. The van der Waals surface area contributed by atoms with E-state index in [9.17, 15) is 5.11 Å². The van der Waals surface area contributed by atoms with Gasteiger partial charge in [-0.05, 0) is 38.0 Å². The Morgan fingerprint density at radius 1 is 1.29 bits per heavy atom. The molecule has 1 N–H and O–H groups in total. The minimum atomic E-state index is -0.468. The highest BCUT2D eigenvalue weighted by Crippen LogP contribution is 2.43. The molecule has 118 valence electrons. The molecule has 0 bridgehead atoms. The number of rotatable bonds is 7. The van der Waals surface area contributed by atoms with Crippen LogP contribution in [-0.2, 0) is 0 Å². The Labute approximate surface area is 128 Å². The van der Waals surface area contributed by atoms with Crippen molar-refractivity contribution in [2.24, 2.45) is 0 Å². The van der Waals surface area contributed by atoms with Crippen LogP contribution in [-0.4, -0.2) is 17.8 Å². The lowest BCUT2D eigenvalue weighted by atomic mass is 9.86. The fourth-order valence-electron chi connectivity index (χ4n) is 3.09. The average molecular weight is 292 g/mol. The summed E-state index contributed by atoms with van der Waals surface area (Å²) in [6, 6.07) is 5.67. The summed E-state index contributed by atoms with van der Waals surface area (Å²) in [6.45, 7) is 4.34. The predicted octanol–water partition coefficient (Wildman–Crippen LogP) is 4.63. The van der Waals surface area contributed by atoms with Gasteiger partial charge in [-0.2, -0.15) is 0 Å². The van der Waals surface area contributed by atoms with E-state index >= 15 is 0 Å². The van der Waals surface area contributed by atoms with E-state index in [-0.39, 0.29) is 5.60 Å². The quantitative estimate of drug-likeness (QED) is 0.745. The highest BCUT2D eigenvalue weighted by molar-refractivity contribution is 5.43. The molecule has 0 saturated heterocycles. The number of aliphatic hydroxyl groups excluding tert-OH is 1. The second-order valence-corrected chi connectivity index (χ2v) is 6.34. The number of fused-ring (bicyclic) bond motifs is 1. The molecule has 0 spiro atoms. The Bertz CT molecular complexity index is 458. The van der Waals surface area contributed by atoms with Gasteiger partial charge in [-0.25, -0.2) is 0 Å². The molecule has 1 aliphatic rings. The monoisotopic (exact) mass is 292 g/mol. The van der Waals surface area contributed by atoms with E-state index in [1.165, 1.54) is 25.7 Å². The van der Waals surface area contributed by atoms with Crippen molar-refractivity contribution in [1.82, 2.24) is 0 Å². The molecular formula is C18H28O3. The molecule has 0 fully saturated rings. The zero-order valence-corrected chi connectivity index (χ0v) is 13.5. The van der Waals surface area contributed by atoms with Crippen LogP contribution in [0.5, 0.6) is 11.5 Å². The van der Waals surface area contributed by atoms with Gasteiger partial charge in [-0.3, -0.25) is 0 Å². The summed E-state index contributed by atoms with van der Waals surface area (Å²) in [6.07, 6.45) is 7.46. The summed E-state index contributed by atoms with van der Waals surface area (Å²) in [5.74, 6) is 1.56. The van der Waals surface area contributed by atoms with E-state index < -0.39 is 6.10 Å². The number of hydrogen-bond donors (Lipinski definition) is 1. The topological polar surface area (TPSA) is 38.7 Å². The molecule has 0 aromatic heterocycles. The van der Waals surface area contributed by atoms with Crippen molar-refractivity contribution in [2.75, 3.05) is 7.11 Å². The molecule has 0 saturated carbocycles. The van der Waals surface area contributed by atoms with E-state index in [0.717, 1.165) is 29.9 Å². The first-order valence-corrected chi connectivity index (χ1v) is 8.13. The van der Waals surface area contributed by atoms with Crippen LogP contribution in [0.15, 0.2) is 18.2 Å². The second kappa shape index (κ2) is 7.17. The zero-order chi connectivity index (χ0) is 15.3. The van der Waals surface area contributed by atoms with Crippen molar-refractivity contribution < 1.29 is 14.6 Å². The van der Waals surface area contributed by atoms with Gasteiger partial charge in [-0.1, -0.05) is 32.6 Å². The second-order valence-electron chi connectivity index (χ2n) is 6.34. The molecule has 1 heterocycles. The van der Waals surface area contributed by atoms with Gasteiger partial charge in [-0.15, -0.1) is 0 Å².